The minimum atomic E-state index is -0.125. The summed E-state index contributed by atoms with van der Waals surface area (Å²) in [4.78, 5) is 10.4. The Kier molecular flexibility index (Phi) is 3.94. The summed E-state index contributed by atoms with van der Waals surface area (Å²) in [5, 5.41) is 0. The summed E-state index contributed by atoms with van der Waals surface area (Å²) in [5.41, 5.74) is 0.975. The van der Waals surface area contributed by atoms with Crippen LogP contribution in [0.2, 0.25) is 0 Å². The van der Waals surface area contributed by atoms with Gasteiger partial charge >= 0.3 is 0 Å². The molecule has 16 heavy (non-hydrogen) atoms. The Bertz CT molecular complexity index is 343. The predicted molar refractivity (Wildman–Crippen MR) is 60.4 cm³/mol. The highest BCUT2D eigenvalue weighted by Crippen LogP contribution is 2.20. The fraction of sp³-hybridized carbons (Fsp3) is 0.462. The molecule has 2 rings (SSSR count). The van der Waals surface area contributed by atoms with E-state index in [1.165, 1.54) is 0 Å². The summed E-state index contributed by atoms with van der Waals surface area (Å²) in [5.74, 6) is 0.784. The number of benzene rings is 1. The Labute approximate surface area is 95.4 Å². The first kappa shape index (κ1) is 11.1. The number of carbonyl (C=O) groups excluding carboxylic acids is 1. The lowest BCUT2D eigenvalue weighted by Gasteiger charge is -2.23. The normalized spacial score (nSPS) is 20.4. The van der Waals surface area contributed by atoms with Crippen molar-refractivity contribution in [3.63, 3.8) is 0 Å². The lowest BCUT2D eigenvalue weighted by Crippen LogP contribution is -2.24. The lowest BCUT2D eigenvalue weighted by molar-refractivity contribution is -0.107. The third kappa shape index (κ3) is 3.07. The Hall–Kier alpha value is -1.35. The van der Waals surface area contributed by atoms with E-state index in [1.807, 2.05) is 24.3 Å². The zero-order chi connectivity index (χ0) is 11.2. The molecule has 1 atom stereocenters. The van der Waals surface area contributed by atoms with E-state index in [1.54, 1.807) is 0 Å². The van der Waals surface area contributed by atoms with Gasteiger partial charge in [-0.2, -0.15) is 0 Å². The molecule has 1 saturated heterocycles. The first-order valence-corrected chi connectivity index (χ1v) is 5.69. The van der Waals surface area contributed by atoms with Crippen LogP contribution in [0.5, 0.6) is 5.75 Å². The second kappa shape index (κ2) is 5.66. The molecule has 0 amide bonds. The molecule has 1 heterocycles. The summed E-state index contributed by atoms with van der Waals surface area (Å²) in [6.45, 7) is 0.776. The molecular formula is C13H16O3. The van der Waals surface area contributed by atoms with Crippen LogP contribution >= 0.6 is 0 Å². The number of carbonyl (C=O) groups is 1. The van der Waals surface area contributed by atoms with Crippen molar-refractivity contribution >= 4 is 6.29 Å². The zero-order valence-electron chi connectivity index (χ0n) is 9.22. The van der Waals surface area contributed by atoms with Gasteiger partial charge in [-0.3, -0.25) is 0 Å². The molecule has 1 aliphatic rings. The van der Waals surface area contributed by atoms with Crippen LogP contribution in [0.3, 0.4) is 0 Å². The van der Waals surface area contributed by atoms with Crippen molar-refractivity contribution in [1.82, 2.24) is 0 Å². The molecule has 1 aromatic rings. The average molecular weight is 220 g/mol. The minimum Gasteiger partial charge on any atom is -0.465 e. The topological polar surface area (TPSA) is 35.5 Å². The summed E-state index contributed by atoms with van der Waals surface area (Å²) in [6.07, 6.45) is 4.42. The van der Waals surface area contributed by atoms with Crippen molar-refractivity contribution in [2.24, 2.45) is 0 Å². The van der Waals surface area contributed by atoms with Gasteiger partial charge in [0.2, 0.25) is 0 Å². The number of hydrogen-bond acceptors (Lipinski definition) is 3. The van der Waals surface area contributed by atoms with E-state index in [0.717, 1.165) is 43.5 Å². The average Bonchev–Trinajstić information content (AvgIpc) is 2.31. The molecule has 1 unspecified atom stereocenters. The third-order valence-corrected chi connectivity index (χ3v) is 2.62. The number of ether oxygens (including phenoxy) is 2. The van der Waals surface area contributed by atoms with Crippen molar-refractivity contribution in [2.75, 3.05) is 6.61 Å². The standard InChI is InChI=1S/C13H16O3/c14-8-7-11-4-3-5-12(10-11)16-13-6-1-2-9-15-13/h3-5,8,10,13H,1-2,6-7,9H2. The largest absolute Gasteiger partial charge is 0.465 e. The summed E-state index contributed by atoms with van der Waals surface area (Å²) in [6, 6.07) is 7.61. The Balaban J connectivity index is 1.97. The van der Waals surface area contributed by atoms with Crippen LogP contribution in [0.15, 0.2) is 24.3 Å². The smallest absolute Gasteiger partial charge is 0.199 e. The molecule has 0 aromatic heterocycles. The third-order valence-electron chi connectivity index (χ3n) is 2.62. The maximum atomic E-state index is 10.4. The fourth-order valence-corrected chi connectivity index (χ4v) is 1.80. The maximum Gasteiger partial charge on any atom is 0.199 e. The van der Waals surface area contributed by atoms with Crippen molar-refractivity contribution < 1.29 is 14.3 Å². The number of hydrogen-bond donors (Lipinski definition) is 0. The van der Waals surface area contributed by atoms with Gasteiger partial charge in [0.05, 0.1) is 6.61 Å². The van der Waals surface area contributed by atoms with Crippen LogP contribution in [0.1, 0.15) is 24.8 Å². The Morgan fingerprint density at radius 1 is 1.44 bits per heavy atom. The molecule has 0 spiro atoms. The van der Waals surface area contributed by atoms with E-state index in [9.17, 15) is 4.79 Å². The van der Waals surface area contributed by atoms with Gasteiger partial charge in [-0.1, -0.05) is 12.1 Å². The molecule has 3 heteroatoms. The molecule has 86 valence electrons. The summed E-state index contributed by atoms with van der Waals surface area (Å²) < 4.78 is 11.2. The molecule has 0 radical (unpaired) electrons. The van der Waals surface area contributed by atoms with Crippen LogP contribution in [0.4, 0.5) is 0 Å². The molecule has 1 fully saturated rings. The maximum absolute atomic E-state index is 10.4. The van der Waals surface area contributed by atoms with Crippen LogP contribution in [-0.4, -0.2) is 19.2 Å². The first-order valence-electron chi connectivity index (χ1n) is 5.69. The van der Waals surface area contributed by atoms with E-state index in [-0.39, 0.29) is 6.29 Å². The molecule has 1 aromatic carbocycles. The molecule has 0 bridgehead atoms. The minimum absolute atomic E-state index is 0.125. The summed E-state index contributed by atoms with van der Waals surface area (Å²) in [7, 11) is 0. The van der Waals surface area contributed by atoms with Gasteiger partial charge in [-0.05, 0) is 30.5 Å². The van der Waals surface area contributed by atoms with E-state index < -0.39 is 0 Å². The monoisotopic (exact) mass is 220 g/mol. The first-order chi connectivity index (χ1) is 7.88. The van der Waals surface area contributed by atoms with Gasteiger partial charge < -0.3 is 14.3 Å². The van der Waals surface area contributed by atoms with E-state index in [0.29, 0.717) is 6.42 Å². The number of aldehydes is 1. The van der Waals surface area contributed by atoms with Gasteiger partial charge in [0.15, 0.2) is 6.29 Å². The van der Waals surface area contributed by atoms with Gasteiger partial charge in [0.25, 0.3) is 0 Å². The Morgan fingerprint density at radius 2 is 2.38 bits per heavy atom. The molecule has 0 saturated carbocycles. The van der Waals surface area contributed by atoms with E-state index in [4.69, 9.17) is 9.47 Å². The zero-order valence-corrected chi connectivity index (χ0v) is 9.22. The van der Waals surface area contributed by atoms with Gasteiger partial charge in [-0.15, -0.1) is 0 Å². The molecule has 0 N–H and O–H groups in total. The second-order valence-electron chi connectivity index (χ2n) is 3.93. The molecule has 1 aliphatic heterocycles. The SMILES string of the molecule is O=CCc1cccc(OC2CCCCO2)c1. The quantitative estimate of drug-likeness (QED) is 0.730. The fourth-order valence-electron chi connectivity index (χ4n) is 1.80. The van der Waals surface area contributed by atoms with Crippen LogP contribution in [-0.2, 0) is 16.0 Å². The van der Waals surface area contributed by atoms with Crippen molar-refractivity contribution in [3.8, 4) is 5.75 Å². The summed E-state index contributed by atoms with van der Waals surface area (Å²) >= 11 is 0. The highest BCUT2D eigenvalue weighted by atomic mass is 16.7. The molecular weight excluding hydrogens is 204 g/mol. The van der Waals surface area contributed by atoms with Crippen LogP contribution in [0.25, 0.3) is 0 Å². The Morgan fingerprint density at radius 3 is 3.12 bits per heavy atom. The van der Waals surface area contributed by atoms with Gasteiger partial charge in [0, 0.05) is 12.8 Å². The van der Waals surface area contributed by atoms with Crippen molar-refractivity contribution in [2.45, 2.75) is 32.0 Å². The molecule has 0 aliphatic carbocycles. The highest BCUT2D eigenvalue weighted by Gasteiger charge is 2.14. The van der Waals surface area contributed by atoms with Crippen LogP contribution < -0.4 is 4.74 Å². The lowest BCUT2D eigenvalue weighted by atomic mass is 10.1. The van der Waals surface area contributed by atoms with Crippen molar-refractivity contribution in [1.29, 1.82) is 0 Å². The molecule has 3 nitrogen and oxygen atoms in total. The second-order valence-corrected chi connectivity index (χ2v) is 3.93. The van der Waals surface area contributed by atoms with Crippen LogP contribution in [0, 0.1) is 0 Å². The van der Waals surface area contributed by atoms with Gasteiger partial charge in [0.1, 0.15) is 12.0 Å². The number of rotatable bonds is 4. The van der Waals surface area contributed by atoms with Crippen molar-refractivity contribution in [3.05, 3.63) is 29.8 Å². The van der Waals surface area contributed by atoms with E-state index >= 15 is 0 Å². The van der Waals surface area contributed by atoms with E-state index in [2.05, 4.69) is 0 Å². The predicted octanol–water partition coefficient (Wildman–Crippen LogP) is 2.33. The van der Waals surface area contributed by atoms with Gasteiger partial charge in [-0.25, -0.2) is 0 Å². The highest BCUT2D eigenvalue weighted by molar-refractivity contribution is 5.55.